The van der Waals surface area contributed by atoms with E-state index in [4.69, 9.17) is 4.74 Å². The first-order valence-electron chi connectivity index (χ1n) is 12.8. The SMILES string of the molecule is COc1ccc2nccc([C@@H](F)CC[C@@H]3CCN(CCCc4c(F)cccc4F)C[C@@H]3CC(=O)O)c2c1. The molecule has 3 atom stereocenters. The van der Waals surface area contributed by atoms with Crippen LogP contribution >= 0.6 is 0 Å². The molecule has 1 aromatic heterocycles. The van der Waals surface area contributed by atoms with Crippen molar-refractivity contribution in [2.45, 2.75) is 44.7 Å². The summed E-state index contributed by atoms with van der Waals surface area (Å²) in [6.45, 7) is 1.98. The van der Waals surface area contributed by atoms with Crippen molar-refractivity contribution in [3.63, 3.8) is 0 Å². The number of likely N-dealkylation sites (tertiary alicyclic amines) is 1. The van der Waals surface area contributed by atoms with Gasteiger partial charge in [0, 0.05) is 30.1 Å². The van der Waals surface area contributed by atoms with Crippen LogP contribution < -0.4 is 4.74 Å². The van der Waals surface area contributed by atoms with E-state index < -0.39 is 23.8 Å². The Hall–Kier alpha value is -3.13. The molecule has 1 aliphatic heterocycles. The fourth-order valence-electron chi connectivity index (χ4n) is 5.51. The largest absolute Gasteiger partial charge is 0.497 e. The lowest BCUT2D eigenvalue weighted by Gasteiger charge is -2.38. The maximum atomic E-state index is 15.5. The van der Waals surface area contributed by atoms with Crippen LogP contribution in [0, 0.1) is 23.5 Å². The van der Waals surface area contributed by atoms with Gasteiger partial charge in [-0.05, 0) is 99.0 Å². The summed E-state index contributed by atoms with van der Waals surface area (Å²) in [5.41, 5.74) is 1.36. The van der Waals surface area contributed by atoms with Crippen LogP contribution in [-0.2, 0) is 11.2 Å². The highest BCUT2D eigenvalue weighted by molar-refractivity contribution is 5.83. The minimum atomic E-state index is -1.20. The molecule has 5 nitrogen and oxygen atoms in total. The topological polar surface area (TPSA) is 62.7 Å². The first-order chi connectivity index (χ1) is 17.9. The number of carbonyl (C=O) groups is 1. The average molecular weight is 515 g/mol. The molecule has 1 fully saturated rings. The number of nitrogens with zero attached hydrogens (tertiary/aromatic N) is 2. The van der Waals surface area contributed by atoms with Gasteiger partial charge in [0.15, 0.2) is 0 Å². The Kier molecular flexibility index (Phi) is 9.03. The second-order valence-electron chi connectivity index (χ2n) is 9.84. The molecule has 1 N–H and O–H groups in total. The van der Waals surface area contributed by atoms with Crippen molar-refractivity contribution in [2.24, 2.45) is 11.8 Å². The summed E-state index contributed by atoms with van der Waals surface area (Å²) in [4.78, 5) is 18.1. The Balaban J connectivity index is 1.35. The fourth-order valence-corrected chi connectivity index (χ4v) is 5.51. The van der Waals surface area contributed by atoms with E-state index in [2.05, 4.69) is 9.88 Å². The number of aromatic nitrogens is 1. The lowest BCUT2D eigenvalue weighted by Crippen LogP contribution is -2.42. The van der Waals surface area contributed by atoms with E-state index >= 15 is 4.39 Å². The van der Waals surface area contributed by atoms with Gasteiger partial charge in [-0.1, -0.05) is 6.07 Å². The zero-order chi connectivity index (χ0) is 26.4. The first kappa shape index (κ1) is 26.9. The van der Waals surface area contributed by atoms with Gasteiger partial charge in [-0.15, -0.1) is 0 Å². The van der Waals surface area contributed by atoms with Gasteiger partial charge in [0.25, 0.3) is 0 Å². The lowest BCUT2D eigenvalue weighted by atomic mass is 9.79. The van der Waals surface area contributed by atoms with E-state index in [1.807, 2.05) is 6.07 Å². The van der Waals surface area contributed by atoms with Gasteiger partial charge < -0.3 is 14.7 Å². The molecule has 198 valence electrons. The molecule has 8 heteroatoms. The van der Waals surface area contributed by atoms with Crippen LogP contribution in [0.4, 0.5) is 13.2 Å². The summed E-state index contributed by atoms with van der Waals surface area (Å²) in [5, 5.41) is 10.2. The maximum absolute atomic E-state index is 15.5. The molecule has 1 saturated heterocycles. The van der Waals surface area contributed by atoms with E-state index in [9.17, 15) is 18.7 Å². The van der Waals surface area contributed by atoms with Crippen molar-refractivity contribution in [1.82, 2.24) is 9.88 Å². The van der Waals surface area contributed by atoms with Gasteiger partial charge in [-0.2, -0.15) is 0 Å². The highest BCUT2D eigenvalue weighted by Gasteiger charge is 2.31. The number of aliphatic carboxylic acids is 1. The minimum Gasteiger partial charge on any atom is -0.497 e. The molecule has 0 bridgehead atoms. The number of ether oxygens (including phenoxy) is 1. The predicted molar refractivity (Wildman–Crippen MR) is 136 cm³/mol. The zero-order valence-corrected chi connectivity index (χ0v) is 21.0. The number of piperidine rings is 1. The van der Waals surface area contributed by atoms with Gasteiger partial charge in [0.05, 0.1) is 12.6 Å². The van der Waals surface area contributed by atoms with Gasteiger partial charge in [-0.25, -0.2) is 13.2 Å². The summed E-state index contributed by atoms with van der Waals surface area (Å²) in [6.07, 6.45) is 2.94. The van der Waals surface area contributed by atoms with Crippen LogP contribution in [0.1, 0.15) is 49.4 Å². The lowest BCUT2D eigenvalue weighted by molar-refractivity contribution is -0.139. The number of methoxy groups -OCH3 is 1. The monoisotopic (exact) mass is 514 g/mol. The number of fused-ring (bicyclic) bond motifs is 1. The number of halogens is 3. The van der Waals surface area contributed by atoms with E-state index in [1.165, 1.54) is 18.2 Å². The van der Waals surface area contributed by atoms with Gasteiger partial charge in [0.1, 0.15) is 23.6 Å². The summed E-state index contributed by atoms with van der Waals surface area (Å²) in [7, 11) is 1.57. The van der Waals surface area contributed by atoms with Crippen LogP contribution in [0.5, 0.6) is 5.75 Å². The number of hydrogen-bond donors (Lipinski definition) is 1. The Morgan fingerprint density at radius 2 is 1.97 bits per heavy atom. The smallest absolute Gasteiger partial charge is 0.303 e. The maximum Gasteiger partial charge on any atom is 0.303 e. The molecule has 0 unspecified atom stereocenters. The summed E-state index contributed by atoms with van der Waals surface area (Å²) in [6, 6.07) is 11.0. The number of carboxylic acids is 1. The van der Waals surface area contributed by atoms with Crippen LogP contribution in [0.2, 0.25) is 0 Å². The van der Waals surface area contributed by atoms with E-state index in [0.717, 1.165) is 18.4 Å². The number of benzene rings is 2. The van der Waals surface area contributed by atoms with Crippen molar-refractivity contribution in [3.8, 4) is 5.75 Å². The van der Waals surface area contributed by atoms with E-state index in [1.54, 1.807) is 31.5 Å². The van der Waals surface area contributed by atoms with Crippen molar-refractivity contribution in [1.29, 1.82) is 0 Å². The summed E-state index contributed by atoms with van der Waals surface area (Å²) in [5.74, 6) is -1.31. The van der Waals surface area contributed by atoms with Crippen molar-refractivity contribution < 1.29 is 27.8 Å². The molecule has 4 rings (SSSR count). The molecular formula is C29H33F3N2O3. The standard InChI is InChI=1S/C29H33F3N2O3/c1-37-21-8-10-28-24(17-21)22(11-13-33-28)27(32)9-7-19-12-15-34(18-20(19)16-29(35)36)14-3-4-23-25(30)5-2-6-26(23)31/h2,5-6,8,10-11,13,17,19-20,27H,3-4,7,9,12,14-16,18H2,1H3,(H,35,36)/t19-,20+,27+/m1/s1. The van der Waals surface area contributed by atoms with Crippen molar-refractivity contribution in [2.75, 3.05) is 26.7 Å². The number of alkyl halides is 1. The van der Waals surface area contributed by atoms with Gasteiger partial charge in [0.2, 0.25) is 0 Å². The van der Waals surface area contributed by atoms with Crippen molar-refractivity contribution in [3.05, 3.63) is 71.4 Å². The summed E-state index contributed by atoms with van der Waals surface area (Å²) >= 11 is 0. The molecule has 0 amide bonds. The normalized spacial score (nSPS) is 19.1. The Bertz CT molecular complexity index is 1200. The number of pyridine rings is 1. The minimum absolute atomic E-state index is 0.0233. The molecule has 1 aliphatic rings. The number of carboxylic acid groups (broad SMARTS) is 1. The Labute approximate surface area is 215 Å². The highest BCUT2D eigenvalue weighted by atomic mass is 19.1. The summed E-state index contributed by atoms with van der Waals surface area (Å²) < 4.78 is 48.6. The quantitative estimate of drug-likeness (QED) is 0.323. The Morgan fingerprint density at radius 1 is 1.19 bits per heavy atom. The van der Waals surface area contributed by atoms with Crippen LogP contribution in [0.15, 0.2) is 48.7 Å². The van der Waals surface area contributed by atoms with Crippen LogP contribution in [0.25, 0.3) is 10.9 Å². The average Bonchev–Trinajstić information content (AvgIpc) is 2.88. The Morgan fingerprint density at radius 3 is 2.70 bits per heavy atom. The van der Waals surface area contributed by atoms with E-state index in [0.29, 0.717) is 49.2 Å². The molecule has 0 saturated carbocycles. The van der Waals surface area contributed by atoms with Crippen molar-refractivity contribution >= 4 is 16.9 Å². The van der Waals surface area contributed by atoms with E-state index in [-0.39, 0.29) is 30.2 Å². The second kappa shape index (κ2) is 12.4. The third-order valence-electron chi connectivity index (χ3n) is 7.49. The van der Waals surface area contributed by atoms with Gasteiger partial charge >= 0.3 is 5.97 Å². The molecule has 0 aliphatic carbocycles. The number of rotatable bonds is 11. The predicted octanol–water partition coefficient (Wildman–Crippen LogP) is 6.36. The molecule has 0 radical (unpaired) electrons. The van der Waals surface area contributed by atoms with Gasteiger partial charge in [-0.3, -0.25) is 9.78 Å². The molecule has 2 aromatic carbocycles. The fraction of sp³-hybridized carbons (Fsp3) is 0.448. The molecule has 0 spiro atoms. The molecule has 3 aromatic rings. The highest BCUT2D eigenvalue weighted by Crippen LogP contribution is 2.36. The third kappa shape index (κ3) is 6.80. The molecular weight excluding hydrogens is 481 g/mol. The number of hydrogen-bond acceptors (Lipinski definition) is 4. The van der Waals surface area contributed by atoms with Crippen LogP contribution in [-0.4, -0.2) is 47.7 Å². The van der Waals surface area contributed by atoms with Crippen LogP contribution in [0.3, 0.4) is 0 Å². The molecule has 37 heavy (non-hydrogen) atoms. The first-order valence-corrected chi connectivity index (χ1v) is 12.8. The molecule has 2 heterocycles. The third-order valence-corrected chi connectivity index (χ3v) is 7.49. The second-order valence-corrected chi connectivity index (χ2v) is 9.84. The zero-order valence-electron chi connectivity index (χ0n) is 21.0.